The van der Waals surface area contributed by atoms with E-state index >= 15 is 0 Å². The van der Waals surface area contributed by atoms with Gasteiger partial charge in [0.05, 0.1) is 6.20 Å². The van der Waals surface area contributed by atoms with Crippen molar-refractivity contribution in [1.29, 1.82) is 0 Å². The van der Waals surface area contributed by atoms with Gasteiger partial charge in [-0.15, -0.1) is 0 Å². The summed E-state index contributed by atoms with van der Waals surface area (Å²) in [4.78, 5) is 10.8. The molecule has 0 radical (unpaired) electrons. The summed E-state index contributed by atoms with van der Waals surface area (Å²) < 4.78 is 6.52. The fraction of sp³-hybridized carbons (Fsp3) is 0.222. The fourth-order valence-electron chi connectivity index (χ4n) is 1.25. The van der Waals surface area contributed by atoms with Crippen LogP contribution < -0.4 is 0 Å². The number of carboxylic acid groups (broad SMARTS) is 1. The molecule has 0 saturated carbocycles. The first-order chi connectivity index (χ1) is 7.09. The van der Waals surface area contributed by atoms with Crippen LogP contribution in [0.2, 0.25) is 0 Å². The van der Waals surface area contributed by atoms with Crippen molar-refractivity contribution < 1.29 is 14.4 Å². The Kier molecular flexibility index (Phi) is 2.03. The molecule has 15 heavy (non-hydrogen) atoms. The van der Waals surface area contributed by atoms with Crippen LogP contribution in [-0.4, -0.2) is 26.0 Å². The normalized spacial score (nSPS) is 10.5. The van der Waals surface area contributed by atoms with Gasteiger partial charge in [0.2, 0.25) is 5.76 Å². The van der Waals surface area contributed by atoms with E-state index in [4.69, 9.17) is 9.63 Å². The van der Waals surface area contributed by atoms with Crippen molar-refractivity contribution in [3.8, 4) is 11.5 Å². The SMILES string of the molecule is Cc1cc(-c2oncc2C(=O)O)nn1C. The number of aryl methyl sites for hydroxylation is 2. The third kappa shape index (κ3) is 1.50. The molecule has 2 rings (SSSR count). The smallest absolute Gasteiger partial charge is 0.341 e. The van der Waals surface area contributed by atoms with E-state index in [0.29, 0.717) is 5.69 Å². The van der Waals surface area contributed by atoms with Gasteiger partial charge in [0.1, 0.15) is 11.3 Å². The first-order valence-electron chi connectivity index (χ1n) is 4.28. The van der Waals surface area contributed by atoms with Gasteiger partial charge in [-0.25, -0.2) is 4.79 Å². The molecule has 1 N–H and O–H groups in total. The summed E-state index contributed by atoms with van der Waals surface area (Å²) in [7, 11) is 1.77. The van der Waals surface area contributed by atoms with Crippen LogP contribution in [0, 0.1) is 6.92 Å². The maximum atomic E-state index is 10.8. The largest absolute Gasteiger partial charge is 0.477 e. The first-order valence-corrected chi connectivity index (χ1v) is 4.28. The fourth-order valence-corrected chi connectivity index (χ4v) is 1.25. The minimum atomic E-state index is -1.07. The zero-order valence-electron chi connectivity index (χ0n) is 8.26. The highest BCUT2D eigenvalue weighted by molar-refractivity contribution is 5.93. The molecule has 6 nitrogen and oxygen atoms in total. The topological polar surface area (TPSA) is 81.2 Å². The molecule has 0 unspecified atom stereocenters. The van der Waals surface area contributed by atoms with E-state index in [0.717, 1.165) is 5.69 Å². The van der Waals surface area contributed by atoms with Gasteiger partial charge in [-0.2, -0.15) is 5.10 Å². The predicted molar refractivity (Wildman–Crippen MR) is 50.4 cm³/mol. The summed E-state index contributed by atoms with van der Waals surface area (Å²) in [5, 5.41) is 16.4. The van der Waals surface area contributed by atoms with Crippen molar-refractivity contribution in [3.05, 3.63) is 23.5 Å². The second kappa shape index (κ2) is 3.23. The Balaban J connectivity index is 2.54. The Bertz CT molecular complexity index is 493. The van der Waals surface area contributed by atoms with Crippen molar-refractivity contribution in [1.82, 2.24) is 14.9 Å². The summed E-state index contributed by atoms with van der Waals surface area (Å²) in [6.45, 7) is 1.87. The Morgan fingerprint density at radius 3 is 2.87 bits per heavy atom. The predicted octanol–water partition coefficient (Wildman–Crippen LogP) is 1.08. The molecule has 2 aromatic rings. The molecule has 2 heterocycles. The highest BCUT2D eigenvalue weighted by atomic mass is 16.5. The minimum Gasteiger partial charge on any atom is -0.477 e. The Labute approximate surface area is 85.1 Å². The van der Waals surface area contributed by atoms with E-state index in [9.17, 15) is 4.79 Å². The summed E-state index contributed by atoms with van der Waals surface area (Å²) in [6.07, 6.45) is 1.17. The Morgan fingerprint density at radius 1 is 1.60 bits per heavy atom. The summed E-state index contributed by atoms with van der Waals surface area (Å²) >= 11 is 0. The first kappa shape index (κ1) is 9.45. The van der Waals surface area contributed by atoms with Gasteiger partial charge in [-0.1, -0.05) is 5.16 Å². The highest BCUT2D eigenvalue weighted by Crippen LogP contribution is 2.22. The van der Waals surface area contributed by atoms with E-state index in [1.165, 1.54) is 6.20 Å². The summed E-state index contributed by atoms with van der Waals surface area (Å²) in [5.41, 5.74) is 1.41. The van der Waals surface area contributed by atoms with E-state index in [1.807, 2.05) is 6.92 Å². The van der Waals surface area contributed by atoms with Crippen molar-refractivity contribution in [2.45, 2.75) is 6.92 Å². The second-order valence-electron chi connectivity index (χ2n) is 3.17. The van der Waals surface area contributed by atoms with E-state index in [-0.39, 0.29) is 11.3 Å². The van der Waals surface area contributed by atoms with Gasteiger partial charge in [0, 0.05) is 12.7 Å². The maximum Gasteiger partial charge on any atom is 0.341 e. The van der Waals surface area contributed by atoms with Crippen LogP contribution in [0.4, 0.5) is 0 Å². The van der Waals surface area contributed by atoms with E-state index < -0.39 is 5.97 Å². The number of hydrogen-bond donors (Lipinski definition) is 1. The number of rotatable bonds is 2. The molecule has 0 atom stereocenters. The molecule has 0 aromatic carbocycles. The summed E-state index contributed by atoms with van der Waals surface area (Å²) in [6, 6.07) is 1.74. The van der Waals surface area contributed by atoms with Crippen LogP contribution in [0.5, 0.6) is 0 Å². The molecule has 2 aromatic heterocycles. The zero-order chi connectivity index (χ0) is 11.0. The molecule has 0 saturated heterocycles. The number of carbonyl (C=O) groups is 1. The lowest BCUT2D eigenvalue weighted by atomic mass is 10.2. The third-order valence-corrected chi connectivity index (χ3v) is 2.15. The lowest BCUT2D eigenvalue weighted by molar-refractivity contribution is 0.0697. The van der Waals surface area contributed by atoms with Crippen molar-refractivity contribution in [3.63, 3.8) is 0 Å². The number of hydrogen-bond acceptors (Lipinski definition) is 4. The Morgan fingerprint density at radius 2 is 2.33 bits per heavy atom. The molecular weight excluding hydrogens is 198 g/mol. The number of nitrogens with zero attached hydrogens (tertiary/aromatic N) is 3. The molecule has 0 aliphatic rings. The monoisotopic (exact) mass is 207 g/mol. The molecule has 0 spiro atoms. The van der Waals surface area contributed by atoms with Crippen LogP contribution in [-0.2, 0) is 7.05 Å². The molecule has 78 valence electrons. The lowest BCUT2D eigenvalue weighted by Gasteiger charge is -1.91. The molecule has 0 aliphatic carbocycles. The highest BCUT2D eigenvalue weighted by Gasteiger charge is 2.19. The number of aromatic carboxylic acids is 1. The minimum absolute atomic E-state index is 0.0214. The van der Waals surface area contributed by atoms with Crippen molar-refractivity contribution in [2.24, 2.45) is 7.05 Å². The van der Waals surface area contributed by atoms with Crippen molar-refractivity contribution >= 4 is 5.97 Å². The average Bonchev–Trinajstić information content (AvgIpc) is 2.73. The molecule has 0 aliphatic heterocycles. The molecule has 0 bridgehead atoms. The quantitative estimate of drug-likeness (QED) is 0.796. The number of carboxylic acids is 1. The summed E-state index contributed by atoms with van der Waals surface area (Å²) in [5.74, 6) is -0.888. The Hall–Kier alpha value is -2.11. The van der Waals surface area contributed by atoms with E-state index in [2.05, 4.69) is 10.3 Å². The van der Waals surface area contributed by atoms with Gasteiger partial charge >= 0.3 is 5.97 Å². The third-order valence-electron chi connectivity index (χ3n) is 2.15. The molecular formula is C9H9N3O3. The standard InChI is InChI=1S/C9H9N3O3/c1-5-3-7(11-12(5)2)8-6(9(13)14)4-10-15-8/h3-4H,1-2H3,(H,13,14). The molecule has 6 heteroatoms. The average molecular weight is 207 g/mol. The van der Waals surface area contributed by atoms with E-state index in [1.54, 1.807) is 17.8 Å². The van der Waals surface area contributed by atoms with Gasteiger partial charge < -0.3 is 9.63 Å². The van der Waals surface area contributed by atoms with Crippen LogP contribution in [0.3, 0.4) is 0 Å². The molecule has 0 fully saturated rings. The lowest BCUT2D eigenvalue weighted by Crippen LogP contribution is -1.97. The van der Waals surface area contributed by atoms with Gasteiger partial charge in [-0.05, 0) is 13.0 Å². The van der Waals surface area contributed by atoms with Crippen LogP contribution in [0.25, 0.3) is 11.5 Å². The molecule has 0 amide bonds. The van der Waals surface area contributed by atoms with Gasteiger partial charge in [0.25, 0.3) is 0 Å². The second-order valence-corrected chi connectivity index (χ2v) is 3.17. The van der Waals surface area contributed by atoms with Crippen molar-refractivity contribution in [2.75, 3.05) is 0 Å². The van der Waals surface area contributed by atoms with Crippen LogP contribution in [0.1, 0.15) is 16.1 Å². The van der Waals surface area contributed by atoms with Crippen LogP contribution >= 0.6 is 0 Å². The van der Waals surface area contributed by atoms with Gasteiger partial charge in [-0.3, -0.25) is 4.68 Å². The maximum absolute atomic E-state index is 10.8. The number of aromatic nitrogens is 3. The van der Waals surface area contributed by atoms with Crippen LogP contribution in [0.15, 0.2) is 16.8 Å². The zero-order valence-corrected chi connectivity index (χ0v) is 8.26. The van der Waals surface area contributed by atoms with Gasteiger partial charge in [0.15, 0.2) is 0 Å².